The molecule has 2 aromatic heterocycles. The fraction of sp³-hybridized carbons (Fsp3) is 0.273. The molecule has 0 saturated heterocycles. The number of halogens is 1. The molecule has 6 nitrogen and oxygen atoms in total. The molecule has 2 aromatic rings. The Hall–Kier alpha value is -1.95. The third kappa shape index (κ3) is 2.48. The van der Waals surface area contributed by atoms with Gasteiger partial charge in [0.25, 0.3) is 5.91 Å². The Bertz CT molecular complexity index is 581. The van der Waals surface area contributed by atoms with Gasteiger partial charge in [-0.2, -0.15) is 5.10 Å². The number of hydrogen-bond acceptors (Lipinski definition) is 4. The van der Waals surface area contributed by atoms with Gasteiger partial charge in [0.2, 0.25) is 0 Å². The molecule has 0 saturated carbocycles. The highest BCUT2D eigenvalue weighted by molar-refractivity contribution is 6.29. The van der Waals surface area contributed by atoms with Crippen LogP contribution in [0.2, 0.25) is 5.15 Å². The van der Waals surface area contributed by atoms with E-state index in [1.54, 1.807) is 25.4 Å². The van der Waals surface area contributed by atoms with Gasteiger partial charge in [0.05, 0.1) is 0 Å². The zero-order chi connectivity index (χ0) is 13.1. The molecule has 0 bridgehead atoms. The molecule has 0 aliphatic heterocycles. The van der Waals surface area contributed by atoms with E-state index >= 15 is 0 Å². The monoisotopic (exact) mass is 265 g/mol. The molecular weight excluding hydrogens is 254 g/mol. The third-order valence-electron chi connectivity index (χ3n) is 2.33. The van der Waals surface area contributed by atoms with E-state index in [0.717, 1.165) is 0 Å². The molecule has 0 fully saturated rings. The summed E-state index contributed by atoms with van der Waals surface area (Å²) in [5.74, 6) is 0.932. The number of nitrogens with zero attached hydrogens (tertiary/aromatic N) is 4. The van der Waals surface area contributed by atoms with Gasteiger partial charge in [-0.15, -0.1) is 0 Å². The summed E-state index contributed by atoms with van der Waals surface area (Å²) < 4.78 is 1.50. The van der Waals surface area contributed by atoms with Crippen molar-refractivity contribution in [2.45, 2.75) is 13.3 Å². The maximum Gasteiger partial charge on any atom is 0.271 e. The Morgan fingerprint density at radius 3 is 2.94 bits per heavy atom. The predicted molar refractivity (Wildman–Crippen MR) is 66.9 cm³/mol. The summed E-state index contributed by atoms with van der Waals surface area (Å²) in [5, 5.41) is 6.99. The van der Waals surface area contributed by atoms with Crippen molar-refractivity contribution < 1.29 is 4.79 Å². The minimum absolute atomic E-state index is 0.246. The summed E-state index contributed by atoms with van der Waals surface area (Å²) in [6.07, 6.45) is 2.33. The topological polar surface area (TPSA) is 72.7 Å². The van der Waals surface area contributed by atoms with Gasteiger partial charge in [0.15, 0.2) is 11.5 Å². The number of rotatable bonds is 3. The first-order valence-corrected chi connectivity index (χ1v) is 5.83. The van der Waals surface area contributed by atoms with Crippen LogP contribution in [-0.4, -0.2) is 32.7 Å². The van der Waals surface area contributed by atoms with Crippen molar-refractivity contribution in [3.05, 3.63) is 35.0 Å². The van der Waals surface area contributed by atoms with Crippen molar-refractivity contribution in [2.75, 3.05) is 7.05 Å². The SMILES string of the molecule is CCc1nc(Cl)cc(-n2ccc(C(=O)NC)n2)n1. The molecule has 2 rings (SSSR count). The lowest BCUT2D eigenvalue weighted by atomic mass is 10.4. The molecule has 0 radical (unpaired) electrons. The zero-order valence-electron chi connectivity index (χ0n) is 10.0. The first-order valence-electron chi connectivity index (χ1n) is 5.45. The maximum atomic E-state index is 11.4. The first kappa shape index (κ1) is 12.5. The Kier molecular flexibility index (Phi) is 3.57. The normalized spacial score (nSPS) is 10.4. The molecule has 94 valence electrons. The lowest BCUT2D eigenvalue weighted by molar-refractivity contribution is 0.0957. The molecule has 18 heavy (non-hydrogen) atoms. The molecule has 0 aliphatic carbocycles. The van der Waals surface area contributed by atoms with E-state index in [4.69, 9.17) is 11.6 Å². The van der Waals surface area contributed by atoms with Gasteiger partial charge >= 0.3 is 0 Å². The van der Waals surface area contributed by atoms with Crippen molar-refractivity contribution in [3.63, 3.8) is 0 Å². The zero-order valence-corrected chi connectivity index (χ0v) is 10.8. The highest BCUT2D eigenvalue weighted by Gasteiger charge is 2.10. The second-order valence-electron chi connectivity index (χ2n) is 3.54. The molecule has 0 aliphatic rings. The molecule has 7 heteroatoms. The number of nitrogens with one attached hydrogen (secondary N) is 1. The van der Waals surface area contributed by atoms with Crippen LogP contribution in [0.1, 0.15) is 23.2 Å². The molecule has 0 unspecified atom stereocenters. The standard InChI is InChI=1S/C11H12ClN5O/c1-3-9-14-8(12)6-10(15-9)17-5-4-7(16-17)11(18)13-2/h4-6H,3H2,1-2H3,(H,13,18). The molecule has 0 aromatic carbocycles. The van der Waals surface area contributed by atoms with E-state index in [9.17, 15) is 4.79 Å². The smallest absolute Gasteiger partial charge is 0.271 e. The largest absolute Gasteiger partial charge is 0.354 e. The van der Waals surface area contributed by atoms with E-state index in [1.165, 1.54) is 4.68 Å². The van der Waals surface area contributed by atoms with E-state index in [0.29, 0.717) is 28.9 Å². The maximum absolute atomic E-state index is 11.4. The fourth-order valence-corrected chi connectivity index (χ4v) is 1.62. The highest BCUT2D eigenvalue weighted by Crippen LogP contribution is 2.11. The number of carbonyl (C=O) groups excluding carboxylic acids is 1. The summed E-state index contributed by atoms with van der Waals surface area (Å²) in [5.41, 5.74) is 0.324. The number of aromatic nitrogens is 4. The predicted octanol–water partition coefficient (Wildman–Crippen LogP) is 1.24. The lowest BCUT2D eigenvalue weighted by Crippen LogP contribution is -2.18. The van der Waals surface area contributed by atoms with E-state index in [1.807, 2.05) is 6.92 Å². The van der Waals surface area contributed by atoms with E-state index < -0.39 is 0 Å². The summed E-state index contributed by atoms with van der Waals surface area (Å²) in [6.45, 7) is 1.94. The van der Waals surface area contributed by atoms with Crippen LogP contribution in [0.15, 0.2) is 18.3 Å². The van der Waals surface area contributed by atoms with Gasteiger partial charge in [-0.3, -0.25) is 4.79 Å². The average molecular weight is 266 g/mol. The average Bonchev–Trinajstić information content (AvgIpc) is 2.86. The number of amides is 1. The summed E-state index contributed by atoms with van der Waals surface area (Å²) >= 11 is 5.90. The Balaban J connectivity index is 2.39. The van der Waals surface area contributed by atoms with Crippen LogP contribution in [0, 0.1) is 0 Å². The summed E-state index contributed by atoms with van der Waals surface area (Å²) in [7, 11) is 1.55. The Morgan fingerprint density at radius 1 is 1.50 bits per heavy atom. The summed E-state index contributed by atoms with van der Waals surface area (Å²) in [6, 6.07) is 3.21. The molecule has 0 spiro atoms. The first-order chi connectivity index (χ1) is 8.63. The van der Waals surface area contributed by atoms with E-state index in [2.05, 4.69) is 20.4 Å². The molecule has 2 heterocycles. The number of aryl methyl sites for hydroxylation is 1. The van der Waals surface area contributed by atoms with Crippen LogP contribution < -0.4 is 5.32 Å². The van der Waals surface area contributed by atoms with Crippen LogP contribution in [0.5, 0.6) is 0 Å². The molecule has 1 N–H and O–H groups in total. The molecular formula is C11H12ClN5O. The minimum Gasteiger partial charge on any atom is -0.354 e. The lowest BCUT2D eigenvalue weighted by Gasteiger charge is -2.03. The van der Waals surface area contributed by atoms with Crippen LogP contribution in [0.4, 0.5) is 0 Å². The van der Waals surface area contributed by atoms with Crippen LogP contribution in [0.25, 0.3) is 5.82 Å². The van der Waals surface area contributed by atoms with Crippen molar-refractivity contribution in [2.24, 2.45) is 0 Å². The quantitative estimate of drug-likeness (QED) is 0.848. The number of hydrogen-bond donors (Lipinski definition) is 1. The van der Waals surface area contributed by atoms with Gasteiger partial charge in [-0.25, -0.2) is 14.6 Å². The molecule has 0 atom stereocenters. The van der Waals surface area contributed by atoms with Crippen molar-refractivity contribution >= 4 is 17.5 Å². The minimum atomic E-state index is -0.246. The van der Waals surface area contributed by atoms with Crippen molar-refractivity contribution in [1.82, 2.24) is 25.1 Å². The fourth-order valence-electron chi connectivity index (χ4n) is 1.43. The van der Waals surface area contributed by atoms with Gasteiger partial charge in [-0.1, -0.05) is 18.5 Å². The van der Waals surface area contributed by atoms with Gasteiger partial charge in [-0.05, 0) is 6.07 Å². The summed E-state index contributed by atoms with van der Waals surface area (Å²) in [4.78, 5) is 19.8. The van der Waals surface area contributed by atoms with Crippen molar-refractivity contribution in [3.8, 4) is 5.82 Å². The van der Waals surface area contributed by atoms with Gasteiger partial charge in [0, 0.05) is 25.7 Å². The Labute approximate surface area is 109 Å². The highest BCUT2D eigenvalue weighted by atomic mass is 35.5. The van der Waals surface area contributed by atoms with Gasteiger partial charge < -0.3 is 5.32 Å². The number of carbonyl (C=O) groups is 1. The van der Waals surface area contributed by atoms with Gasteiger partial charge in [0.1, 0.15) is 11.0 Å². The van der Waals surface area contributed by atoms with Crippen molar-refractivity contribution in [1.29, 1.82) is 0 Å². The Morgan fingerprint density at radius 2 is 2.28 bits per heavy atom. The van der Waals surface area contributed by atoms with Crippen LogP contribution in [0.3, 0.4) is 0 Å². The van der Waals surface area contributed by atoms with Crippen LogP contribution in [-0.2, 0) is 6.42 Å². The second-order valence-corrected chi connectivity index (χ2v) is 3.93. The van der Waals surface area contributed by atoms with Crippen LogP contribution >= 0.6 is 11.6 Å². The molecule has 1 amide bonds. The van der Waals surface area contributed by atoms with E-state index in [-0.39, 0.29) is 5.91 Å². The second kappa shape index (κ2) is 5.14. The third-order valence-corrected chi connectivity index (χ3v) is 2.52.